The Labute approximate surface area is 805 Å². The maximum atomic E-state index is 6.57. The lowest BCUT2D eigenvalue weighted by molar-refractivity contribution is 0.668. The van der Waals surface area contributed by atoms with Crippen LogP contribution in [0.5, 0.6) is 0 Å². The molecule has 1 aliphatic rings. The van der Waals surface area contributed by atoms with E-state index in [2.05, 4.69) is 328 Å². The minimum absolute atomic E-state index is 0.603. The van der Waals surface area contributed by atoms with Crippen molar-refractivity contribution in [2.45, 2.75) is 0 Å². The molecule has 0 saturated carbocycles. The summed E-state index contributed by atoms with van der Waals surface area (Å²) in [5, 5.41) is 18.6. The van der Waals surface area contributed by atoms with Gasteiger partial charge in [0.15, 0.2) is 60.5 Å². The molecule has 28 rings (SSSR count). The van der Waals surface area contributed by atoms with Crippen LogP contribution in [-0.4, -0.2) is 52.9 Å². The smallest absolute Gasteiger partial charge is 0.179 e. The molecule has 0 N–H and O–H groups in total. The second-order valence-corrected chi connectivity index (χ2v) is 39.0. The van der Waals surface area contributed by atoms with Crippen molar-refractivity contribution >= 4 is 127 Å². The Morgan fingerprint density at radius 3 is 0.964 bits per heavy atom. The molecule has 13 heteroatoms. The summed E-state index contributed by atoms with van der Waals surface area (Å²) >= 11 is 0. The molecule has 6 aromatic heterocycles. The Kier molecular flexibility index (Phi) is 20.3. The topological polar surface area (TPSA) is 155 Å². The maximum Gasteiger partial charge on any atom is 0.179 e. The van der Waals surface area contributed by atoms with E-state index in [4.69, 9.17) is 58.1 Å². The second-order valence-electron chi connectivity index (χ2n) is 35.2. The first kappa shape index (κ1) is 82.0. The van der Waals surface area contributed by atoms with Gasteiger partial charge in [-0.05, 0) is 141 Å². The van der Waals surface area contributed by atoms with E-state index in [0.29, 0.717) is 52.4 Å². The summed E-state index contributed by atoms with van der Waals surface area (Å²) in [5.41, 5.74) is 23.0. The predicted octanol–water partition coefficient (Wildman–Crippen LogP) is 29.6. The van der Waals surface area contributed by atoms with E-state index < -0.39 is 8.07 Å². The van der Waals surface area contributed by atoms with Gasteiger partial charge in [0.1, 0.15) is 33.5 Å². The molecular weight excluding hydrogens is 1730 g/mol. The zero-order valence-corrected chi connectivity index (χ0v) is 76.4. The van der Waals surface area contributed by atoms with Crippen molar-refractivity contribution in [1.29, 1.82) is 0 Å². The number of benzene rings is 21. The lowest BCUT2D eigenvalue weighted by Gasteiger charge is -2.34. The summed E-state index contributed by atoms with van der Waals surface area (Å²) in [5.74, 6) is 5.65. The minimum Gasteiger partial charge on any atom is -0.456 e. The van der Waals surface area contributed by atoms with Gasteiger partial charge in [-0.25, -0.2) is 44.9 Å². The molecule has 12 nitrogen and oxygen atoms in total. The van der Waals surface area contributed by atoms with Gasteiger partial charge in [-0.3, -0.25) is 0 Å². The van der Waals surface area contributed by atoms with Crippen molar-refractivity contribution in [3.63, 3.8) is 0 Å². The molecule has 140 heavy (non-hydrogen) atoms. The van der Waals surface area contributed by atoms with Gasteiger partial charge in [0.2, 0.25) is 0 Å². The normalized spacial score (nSPS) is 11.7. The number of hydrogen-bond acceptors (Lipinski definition) is 12. The van der Waals surface area contributed by atoms with Gasteiger partial charge in [-0.2, -0.15) is 0 Å². The Morgan fingerprint density at radius 2 is 0.436 bits per heavy atom. The molecule has 0 atom stereocenters. The number of fused-ring (bicyclic) bond motifs is 7. The predicted molar refractivity (Wildman–Crippen MR) is 573 cm³/mol. The van der Waals surface area contributed by atoms with Gasteiger partial charge >= 0.3 is 0 Å². The van der Waals surface area contributed by atoms with Crippen LogP contribution < -0.4 is 20.7 Å². The third-order valence-electron chi connectivity index (χ3n) is 27.1. The highest BCUT2D eigenvalue weighted by Crippen LogP contribution is 2.52. The quantitative estimate of drug-likeness (QED) is 0.0545. The molecule has 0 saturated heterocycles. The summed E-state index contributed by atoms with van der Waals surface area (Å²) in [6.07, 6.45) is 0. The van der Waals surface area contributed by atoms with Crippen LogP contribution in [0, 0.1) is 0 Å². The van der Waals surface area contributed by atoms with Crippen LogP contribution in [0.4, 0.5) is 0 Å². The van der Waals surface area contributed by atoms with Gasteiger partial charge in [0.25, 0.3) is 0 Å². The second kappa shape index (κ2) is 34.7. The summed E-state index contributed by atoms with van der Waals surface area (Å²) < 4.78 is 19.1. The lowest BCUT2D eigenvalue weighted by Crippen LogP contribution is -2.74. The van der Waals surface area contributed by atoms with Crippen molar-refractivity contribution in [3.8, 4) is 147 Å². The van der Waals surface area contributed by atoms with Gasteiger partial charge in [0.05, 0.1) is 0 Å². The molecule has 6 heterocycles. The van der Waals surface area contributed by atoms with E-state index in [-0.39, 0.29) is 0 Å². The lowest BCUT2D eigenvalue weighted by atomic mass is 9.92. The monoisotopic (exact) mass is 1810 g/mol. The molecule has 654 valence electrons. The highest BCUT2D eigenvalue weighted by atomic mass is 28.3. The van der Waals surface area contributed by atoms with Gasteiger partial charge in [-0.15, -0.1) is 0 Å². The van der Waals surface area contributed by atoms with Crippen molar-refractivity contribution in [2.24, 2.45) is 0 Å². The zero-order chi connectivity index (χ0) is 92.6. The van der Waals surface area contributed by atoms with Crippen LogP contribution in [-0.2, 0) is 0 Å². The standard InChI is InChI=1S/C49H33N3OSi.C41H25N3O.C37H21N3O/c1-4-17-38(18-5-1)54(39-19-6-2-7-20-39,40-21-8-3-9-22-40)41-31-29-35(30-32-41)47-50-48(37-28-27-34-15-10-11-16-36(34)33-37)52-49(51-47)43-24-14-26-45-46(43)42-23-12-13-25-44(42)53-45;1-3-9-26(10-4-1)27-17-19-28(20-18-27)29-21-23-31(24-22-29)40-42-39(30-11-5-2-6-12-30)43-41(44-40)34-25-32-13-7-15-35-37(32)38-33(34)14-8-16-36(38)45-35;1-3-11-22(12-4-1)35-38-36(23-13-5-2-6-14-23)40-37(39-35)29-21-31-34-32-26(17-9-18-28(29)32)24-15-7-8-16-25(24)27-19-10-20-30(41-31)33(27)34/h1-33H;1-25H;1-21H. The van der Waals surface area contributed by atoms with Crippen molar-refractivity contribution in [3.05, 3.63) is 479 Å². The molecule has 0 amide bonds. The van der Waals surface area contributed by atoms with Crippen LogP contribution in [0.2, 0.25) is 0 Å². The highest BCUT2D eigenvalue weighted by Gasteiger charge is 2.42. The summed E-state index contributed by atoms with van der Waals surface area (Å²) in [6.45, 7) is 0. The van der Waals surface area contributed by atoms with Gasteiger partial charge in [-0.1, -0.05) is 431 Å². The first-order valence-corrected chi connectivity index (χ1v) is 48.9. The Hall–Kier alpha value is -18.7. The van der Waals surface area contributed by atoms with E-state index in [1.165, 1.54) is 64.9 Å². The van der Waals surface area contributed by atoms with Crippen LogP contribution in [0.15, 0.2) is 492 Å². The minimum atomic E-state index is -2.69. The molecule has 27 aromatic rings. The SMILES string of the molecule is c1ccc(-c2ccc(-c3ccc(-c4nc(-c5ccccc5)nc(-c5cc6cccc7oc8cccc5c8c67)n4)cc3)cc2)cc1.c1ccc(-c2nc(-c3ccccc3)nc(-c3cc4oc5cccc6c5c4c4c(cccc34)-c3ccccc3-6)n2)cc1.c1ccc([Si](c2ccccc2)(c2ccccc2)c2ccc(-c3nc(-c4ccc5ccccc5c4)nc(-c4cccc5oc6ccccc6c45)n3)cc2)cc1. The molecule has 0 unspecified atom stereocenters. The van der Waals surface area contributed by atoms with Crippen LogP contribution in [0.1, 0.15) is 0 Å². The zero-order valence-electron chi connectivity index (χ0n) is 75.4. The molecule has 21 aromatic carbocycles. The molecule has 0 aliphatic heterocycles. The summed E-state index contributed by atoms with van der Waals surface area (Å²) in [6, 6.07) is 167. The average molecular weight is 1810 g/mol. The fourth-order valence-electron chi connectivity index (χ4n) is 20.6. The van der Waals surface area contributed by atoms with E-state index in [1.54, 1.807) is 0 Å². The van der Waals surface area contributed by atoms with Gasteiger partial charge in [0, 0.05) is 87.8 Å². The van der Waals surface area contributed by atoms with E-state index in [9.17, 15) is 0 Å². The van der Waals surface area contributed by atoms with Crippen LogP contribution in [0.25, 0.3) is 245 Å². The summed E-state index contributed by atoms with van der Waals surface area (Å²) in [4.78, 5) is 45.7. The number of aromatic nitrogens is 9. The maximum absolute atomic E-state index is 6.57. The number of nitrogens with zero attached hydrogens (tertiary/aromatic N) is 9. The summed E-state index contributed by atoms with van der Waals surface area (Å²) in [7, 11) is -2.69. The van der Waals surface area contributed by atoms with Crippen molar-refractivity contribution in [1.82, 2.24) is 44.9 Å². The Balaban J connectivity index is 0.000000109. The van der Waals surface area contributed by atoms with Crippen molar-refractivity contribution < 1.29 is 13.3 Å². The fourth-order valence-corrected chi connectivity index (χ4v) is 25.3. The molecule has 1 aliphatic carbocycles. The third kappa shape index (κ3) is 14.5. The largest absolute Gasteiger partial charge is 0.456 e. The molecular formula is C127H79N9O3Si. The van der Waals surface area contributed by atoms with Crippen LogP contribution in [0.3, 0.4) is 0 Å². The number of para-hydroxylation sites is 1. The van der Waals surface area contributed by atoms with E-state index in [0.717, 1.165) is 149 Å². The Bertz CT molecular complexity index is 9250. The number of hydrogen-bond donors (Lipinski definition) is 0. The molecule has 0 spiro atoms. The molecule has 0 bridgehead atoms. The highest BCUT2D eigenvalue weighted by molar-refractivity contribution is 7.20. The van der Waals surface area contributed by atoms with E-state index >= 15 is 0 Å². The van der Waals surface area contributed by atoms with Crippen molar-refractivity contribution in [2.75, 3.05) is 0 Å². The number of furan rings is 3. The Morgan fingerprint density at radius 1 is 0.136 bits per heavy atom. The van der Waals surface area contributed by atoms with E-state index in [1.807, 2.05) is 152 Å². The number of rotatable bonds is 15. The van der Waals surface area contributed by atoms with Gasteiger partial charge < -0.3 is 13.3 Å². The first-order chi connectivity index (χ1) is 69.4. The van der Waals surface area contributed by atoms with Crippen LogP contribution >= 0.6 is 0 Å². The average Bonchev–Trinajstić information content (AvgIpc) is 1.53. The fraction of sp³-hybridized carbons (Fsp3) is 0. The molecule has 0 radical (unpaired) electrons. The first-order valence-electron chi connectivity index (χ1n) is 46.9. The third-order valence-corrected chi connectivity index (χ3v) is 31.9. The molecule has 0 fully saturated rings.